The van der Waals surface area contributed by atoms with E-state index in [-0.39, 0.29) is 5.97 Å². The Morgan fingerprint density at radius 3 is 3.12 bits per heavy atom. The lowest BCUT2D eigenvalue weighted by Gasteiger charge is -2.21. The number of hydrogen-bond acceptors (Lipinski definition) is 4. The van der Waals surface area contributed by atoms with E-state index in [1.54, 1.807) is 6.07 Å². The van der Waals surface area contributed by atoms with Crippen molar-refractivity contribution in [2.24, 2.45) is 5.92 Å². The lowest BCUT2D eigenvalue weighted by Crippen LogP contribution is -2.21. The highest BCUT2D eigenvalue weighted by Gasteiger charge is 2.20. The average Bonchev–Trinajstić information content (AvgIpc) is 2.35. The minimum Gasteiger partial charge on any atom is -0.489 e. The minimum absolute atomic E-state index is 0.320. The van der Waals surface area contributed by atoms with Crippen LogP contribution in [0.4, 0.5) is 5.69 Å². The summed E-state index contributed by atoms with van der Waals surface area (Å²) in [6, 6.07) is 5.45. The number of carbonyl (C=O) groups excluding carboxylic acids is 1. The van der Waals surface area contributed by atoms with Crippen LogP contribution in [0.25, 0.3) is 0 Å². The number of rotatable bonds is 3. The van der Waals surface area contributed by atoms with Crippen molar-refractivity contribution in [2.45, 2.75) is 13.8 Å². The summed E-state index contributed by atoms with van der Waals surface area (Å²) in [5.41, 5.74) is 1.35. The summed E-state index contributed by atoms with van der Waals surface area (Å²) in [5.74, 6) is 0.615. The van der Waals surface area contributed by atoms with Gasteiger partial charge in [-0.3, -0.25) is 0 Å². The van der Waals surface area contributed by atoms with Crippen LogP contribution in [0.5, 0.6) is 5.75 Å². The molecule has 0 fully saturated rings. The number of carbonyl (C=O) groups is 1. The van der Waals surface area contributed by atoms with Gasteiger partial charge in [0.15, 0.2) is 5.75 Å². The first-order valence-corrected chi connectivity index (χ1v) is 5.85. The zero-order chi connectivity index (χ0) is 12.3. The topological polar surface area (TPSA) is 47.6 Å². The average molecular weight is 235 g/mol. The van der Waals surface area contributed by atoms with E-state index >= 15 is 0 Å². The van der Waals surface area contributed by atoms with Crippen molar-refractivity contribution < 1.29 is 14.3 Å². The fraction of sp³-hybridized carbons (Fsp3) is 0.462. The Labute approximate surface area is 101 Å². The van der Waals surface area contributed by atoms with E-state index in [9.17, 15) is 4.79 Å². The molecule has 1 heterocycles. The van der Waals surface area contributed by atoms with Gasteiger partial charge in [-0.15, -0.1) is 0 Å². The summed E-state index contributed by atoms with van der Waals surface area (Å²) in [7, 11) is 0. The molecule has 0 aliphatic carbocycles. The molecule has 0 saturated carbocycles. The van der Waals surface area contributed by atoms with Gasteiger partial charge in [-0.25, -0.2) is 4.79 Å². The van der Waals surface area contributed by atoms with Crippen LogP contribution in [0.3, 0.4) is 0 Å². The first-order valence-electron chi connectivity index (χ1n) is 5.85. The molecule has 0 radical (unpaired) electrons. The molecule has 1 aromatic rings. The molecule has 1 aliphatic rings. The third-order valence-corrected chi connectivity index (χ3v) is 2.45. The van der Waals surface area contributed by atoms with Crippen LogP contribution in [-0.2, 0) is 4.74 Å². The largest absolute Gasteiger partial charge is 0.489 e. The molecule has 1 N–H and O–H groups in total. The van der Waals surface area contributed by atoms with Crippen molar-refractivity contribution in [3.05, 3.63) is 23.8 Å². The van der Waals surface area contributed by atoms with E-state index in [2.05, 4.69) is 5.32 Å². The highest BCUT2D eigenvalue weighted by Crippen LogP contribution is 2.31. The maximum atomic E-state index is 11.9. The zero-order valence-corrected chi connectivity index (χ0v) is 10.2. The van der Waals surface area contributed by atoms with Gasteiger partial charge in [0, 0.05) is 6.54 Å². The Kier molecular flexibility index (Phi) is 3.52. The van der Waals surface area contributed by atoms with E-state index < -0.39 is 0 Å². The van der Waals surface area contributed by atoms with Crippen LogP contribution in [-0.4, -0.2) is 25.7 Å². The standard InChI is InChI=1S/C13H17NO3/c1-9(2)8-17-13(15)10-4-3-5-11-12(10)16-7-6-14-11/h3-5,9,14H,6-8H2,1-2H3. The molecule has 4 heteroatoms. The molecular formula is C13H17NO3. The van der Waals surface area contributed by atoms with Crippen molar-refractivity contribution in [3.8, 4) is 5.75 Å². The third-order valence-electron chi connectivity index (χ3n) is 2.45. The summed E-state index contributed by atoms with van der Waals surface area (Å²) >= 11 is 0. The number of para-hydroxylation sites is 1. The minimum atomic E-state index is -0.320. The van der Waals surface area contributed by atoms with Gasteiger partial charge in [-0.1, -0.05) is 19.9 Å². The summed E-state index contributed by atoms with van der Waals surface area (Å²) < 4.78 is 10.7. The molecule has 0 aromatic heterocycles. The molecular weight excluding hydrogens is 218 g/mol. The van der Waals surface area contributed by atoms with Crippen molar-refractivity contribution >= 4 is 11.7 Å². The molecule has 0 saturated heterocycles. The monoisotopic (exact) mass is 235 g/mol. The predicted molar refractivity (Wildman–Crippen MR) is 65.5 cm³/mol. The van der Waals surface area contributed by atoms with Crippen LogP contribution < -0.4 is 10.1 Å². The molecule has 4 nitrogen and oxygen atoms in total. The lowest BCUT2D eigenvalue weighted by atomic mass is 10.1. The predicted octanol–water partition coefficient (Wildman–Crippen LogP) is 2.30. The molecule has 17 heavy (non-hydrogen) atoms. The third kappa shape index (κ3) is 2.70. The van der Waals surface area contributed by atoms with Gasteiger partial charge in [-0.05, 0) is 18.1 Å². The Hall–Kier alpha value is -1.71. The zero-order valence-electron chi connectivity index (χ0n) is 10.2. The smallest absolute Gasteiger partial charge is 0.342 e. The second-order valence-electron chi connectivity index (χ2n) is 4.45. The van der Waals surface area contributed by atoms with Gasteiger partial charge in [-0.2, -0.15) is 0 Å². The summed E-state index contributed by atoms with van der Waals surface area (Å²) in [5, 5.41) is 3.19. The van der Waals surface area contributed by atoms with Gasteiger partial charge in [0.1, 0.15) is 12.2 Å². The van der Waals surface area contributed by atoms with Crippen LogP contribution in [0.2, 0.25) is 0 Å². The summed E-state index contributed by atoms with van der Waals surface area (Å²) in [6.45, 7) is 5.77. The molecule has 0 unspecified atom stereocenters. The molecule has 92 valence electrons. The quantitative estimate of drug-likeness (QED) is 0.817. The van der Waals surface area contributed by atoms with Gasteiger partial charge < -0.3 is 14.8 Å². The van der Waals surface area contributed by atoms with Gasteiger partial charge >= 0.3 is 5.97 Å². The number of benzene rings is 1. The van der Waals surface area contributed by atoms with Crippen LogP contribution >= 0.6 is 0 Å². The first kappa shape index (κ1) is 11.8. The normalized spacial score (nSPS) is 13.6. The number of ether oxygens (including phenoxy) is 2. The van der Waals surface area contributed by atoms with Crippen molar-refractivity contribution in [1.82, 2.24) is 0 Å². The van der Waals surface area contributed by atoms with Crippen LogP contribution in [0, 0.1) is 5.92 Å². The Bertz CT molecular complexity index is 415. The molecule has 0 amide bonds. The molecule has 0 spiro atoms. The number of esters is 1. The van der Waals surface area contributed by atoms with Gasteiger partial charge in [0.25, 0.3) is 0 Å². The lowest BCUT2D eigenvalue weighted by molar-refractivity contribution is 0.0454. The Balaban J connectivity index is 2.17. The summed E-state index contributed by atoms with van der Waals surface area (Å²) in [6.07, 6.45) is 0. The first-order chi connectivity index (χ1) is 8.18. The van der Waals surface area contributed by atoms with Crippen molar-refractivity contribution in [1.29, 1.82) is 0 Å². The van der Waals surface area contributed by atoms with Crippen molar-refractivity contribution in [3.63, 3.8) is 0 Å². The molecule has 2 rings (SSSR count). The number of nitrogens with one attached hydrogen (secondary N) is 1. The second kappa shape index (κ2) is 5.08. The maximum absolute atomic E-state index is 11.9. The fourth-order valence-electron chi connectivity index (χ4n) is 1.65. The van der Waals surface area contributed by atoms with E-state index in [1.807, 2.05) is 26.0 Å². The van der Waals surface area contributed by atoms with E-state index in [4.69, 9.17) is 9.47 Å². The van der Waals surface area contributed by atoms with E-state index in [1.165, 1.54) is 0 Å². The SMILES string of the molecule is CC(C)COC(=O)c1cccc2c1OCCN2. The van der Waals surface area contributed by atoms with E-state index in [0.717, 1.165) is 12.2 Å². The fourth-order valence-corrected chi connectivity index (χ4v) is 1.65. The number of fused-ring (bicyclic) bond motifs is 1. The van der Waals surface area contributed by atoms with Crippen LogP contribution in [0.15, 0.2) is 18.2 Å². The second-order valence-corrected chi connectivity index (χ2v) is 4.45. The van der Waals surface area contributed by atoms with E-state index in [0.29, 0.717) is 30.4 Å². The number of hydrogen-bond donors (Lipinski definition) is 1. The molecule has 0 atom stereocenters. The Morgan fingerprint density at radius 2 is 2.35 bits per heavy atom. The summed E-state index contributed by atoms with van der Waals surface area (Å²) in [4.78, 5) is 11.9. The molecule has 1 aromatic carbocycles. The van der Waals surface area contributed by atoms with Crippen LogP contribution in [0.1, 0.15) is 24.2 Å². The molecule has 0 bridgehead atoms. The number of anilines is 1. The maximum Gasteiger partial charge on any atom is 0.342 e. The highest BCUT2D eigenvalue weighted by molar-refractivity contribution is 5.95. The molecule has 1 aliphatic heterocycles. The van der Waals surface area contributed by atoms with Gasteiger partial charge in [0.2, 0.25) is 0 Å². The highest BCUT2D eigenvalue weighted by atomic mass is 16.5. The van der Waals surface area contributed by atoms with Crippen molar-refractivity contribution in [2.75, 3.05) is 25.1 Å². The van der Waals surface area contributed by atoms with Gasteiger partial charge in [0.05, 0.1) is 12.3 Å². The Morgan fingerprint density at radius 1 is 1.53 bits per heavy atom.